The number of morpholine rings is 1. The number of hydrogen-bond acceptors (Lipinski definition) is 5. The van der Waals surface area contributed by atoms with Gasteiger partial charge in [0.15, 0.2) is 5.76 Å². The number of anilines is 2. The number of nitrogens with one attached hydrogen (secondary N) is 2. The Balaban J connectivity index is 1.79. The second kappa shape index (κ2) is 6.66. The number of nitrogens with zero attached hydrogens (tertiary/aromatic N) is 1. The number of rotatable bonds is 3. The number of aromatic nitrogens is 1. The second-order valence-electron chi connectivity index (χ2n) is 5.53. The molecule has 0 radical (unpaired) electrons. The average molecular weight is 439 g/mol. The van der Waals surface area contributed by atoms with E-state index in [9.17, 15) is 4.39 Å². The second-order valence-corrected chi connectivity index (χ2v) is 6.77. The molecule has 4 rings (SSSR count). The lowest BCUT2D eigenvalue weighted by atomic mass is 10.1. The molecule has 3 heterocycles. The Hall–Kier alpha value is -1.71. The van der Waals surface area contributed by atoms with Crippen LogP contribution >= 0.6 is 22.6 Å². The third kappa shape index (κ3) is 2.99. The van der Waals surface area contributed by atoms with E-state index in [4.69, 9.17) is 9.15 Å². The molecule has 0 saturated carbocycles. The molecule has 1 aromatic carbocycles. The van der Waals surface area contributed by atoms with Crippen LogP contribution in [-0.2, 0) is 4.74 Å². The maximum absolute atomic E-state index is 14.3. The Labute approximate surface area is 151 Å². The normalized spacial score (nSPS) is 18.0. The van der Waals surface area contributed by atoms with E-state index in [1.807, 2.05) is 6.07 Å². The van der Waals surface area contributed by atoms with Crippen molar-refractivity contribution in [3.8, 4) is 0 Å². The highest BCUT2D eigenvalue weighted by Crippen LogP contribution is 2.38. The van der Waals surface area contributed by atoms with E-state index < -0.39 is 0 Å². The standard InChI is InChI=1S/C17H15FIN3O2/c18-12-7-10(19)1-2-13(12)22-16-11-8-20-4-3-14(11)24-17(16)15-9-21-5-6-23-15/h1-4,7-8,15,21-22H,5-6,9H2. The van der Waals surface area contributed by atoms with Crippen molar-refractivity contribution in [2.24, 2.45) is 0 Å². The number of furan rings is 1. The molecule has 1 aliphatic heterocycles. The summed E-state index contributed by atoms with van der Waals surface area (Å²) in [5, 5.41) is 7.26. The van der Waals surface area contributed by atoms with Gasteiger partial charge in [-0.05, 0) is 46.9 Å². The van der Waals surface area contributed by atoms with Gasteiger partial charge in [0.1, 0.15) is 17.5 Å². The summed E-state index contributed by atoms with van der Waals surface area (Å²) in [6.07, 6.45) is 3.16. The van der Waals surface area contributed by atoms with Crippen LogP contribution in [0.1, 0.15) is 11.9 Å². The Morgan fingerprint density at radius 3 is 3.04 bits per heavy atom. The average Bonchev–Trinajstić information content (AvgIpc) is 2.97. The minimum Gasteiger partial charge on any atom is -0.456 e. The largest absolute Gasteiger partial charge is 0.456 e. The highest BCUT2D eigenvalue weighted by Gasteiger charge is 2.26. The molecule has 2 N–H and O–H groups in total. The van der Waals surface area contributed by atoms with Crippen LogP contribution in [0.2, 0.25) is 0 Å². The first-order valence-electron chi connectivity index (χ1n) is 7.63. The van der Waals surface area contributed by atoms with Crippen LogP contribution in [0.3, 0.4) is 0 Å². The van der Waals surface area contributed by atoms with Gasteiger partial charge in [-0.2, -0.15) is 0 Å². The van der Waals surface area contributed by atoms with Gasteiger partial charge in [-0.25, -0.2) is 4.39 Å². The van der Waals surface area contributed by atoms with Gasteiger partial charge in [0.2, 0.25) is 0 Å². The Kier molecular flexibility index (Phi) is 4.38. The molecular weight excluding hydrogens is 424 g/mol. The molecule has 7 heteroatoms. The first-order chi connectivity index (χ1) is 11.7. The summed E-state index contributed by atoms with van der Waals surface area (Å²) in [6, 6.07) is 6.85. The van der Waals surface area contributed by atoms with Crippen LogP contribution in [0.5, 0.6) is 0 Å². The molecule has 3 aromatic rings. The van der Waals surface area contributed by atoms with Gasteiger partial charge >= 0.3 is 0 Å². The van der Waals surface area contributed by atoms with Crippen LogP contribution in [0, 0.1) is 9.39 Å². The van der Waals surface area contributed by atoms with Crippen molar-refractivity contribution in [1.29, 1.82) is 0 Å². The maximum atomic E-state index is 14.3. The van der Waals surface area contributed by atoms with Gasteiger partial charge in [-0.1, -0.05) is 0 Å². The van der Waals surface area contributed by atoms with Crippen LogP contribution < -0.4 is 10.6 Å². The topological polar surface area (TPSA) is 59.3 Å². The molecule has 1 saturated heterocycles. The molecule has 1 aliphatic rings. The minimum absolute atomic E-state index is 0.222. The molecule has 2 aromatic heterocycles. The molecule has 1 atom stereocenters. The summed E-state index contributed by atoms with van der Waals surface area (Å²) in [5.74, 6) is 0.344. The lowest BCUT2D eigenvalue weighted by molar-refractivity contribution is 0.0157. The minimum atomic E-state index is -0.311. The van der Waals surface area contributed by atoms with Crippen molar-refractivity contribution in [3.63, 3.8) is 0 Å². The molecule has 0 aliphatic carbocycles. The molecule has 0 spiro atoms. The lowest BCUT2D eigenvalue weighted by Gasteiger charge is -2.23. The lowest BCUT2D eigenvalue weighted by Crippen LogP contribution is -2.33. The Morgan fingerprint density at radius 2 is 2.25 bits per heavy atom. The van der Waals surface area contributed by atoms with Gasteiger partial charge < -0.3 is 19.8 Å². The quantitative estimate of drug-likeness (QED) is 0.605. The number of fused-ring (bicyclic) bond motifs is 1. The summed E-state index contributed by atoms with van der Waals surface area (Å²) in [4.78, 5) is 4.16. The van der Waals surface area contributed by atoms with E-state index >= 15 is 0 Å². The fourth-order valence-electron chi connectivity index (χ4n) is 2.78. The van der Waals surface area contributed by atoms with Crippen LogP contribution in [-0.4, -0.2) is 24.7 Å². The summed E-state index contributed by atoms with van der Waals surface area (Å²) < 4.78 is 26.9. The van der Waals surface area contributed by atoms with Gasteiger partial charge in [0, 0.05) is 29.1 Å². The van der Waals surface area contributed by atoms with Gasteiger partial charge in [-0.3, -0.25) is 4.98 Å². The summed E-state index contributed by atoms with van der Waals surface area (Å²) in [6.45, 7) is 2.07. The smallest absolute Gasteiger partial charge is 0.158 e. The first kappa shape index (κ1) is 15.8. The Bertz CT molecular complexity index is 877. The van der Waals surface area contributed by atoms with Gasteiger partial charge in [0.05, 0.1) is 23.4 Å². The molecular formula is C17H15FIN3O2. The fourth-order valence-corrected chi connectivity index (χ4v) is 3.23. The van der Waals surface area contributed by atoms with E-state index in [1.165, 1.54) is 6.07 Å². The number of pyridine rings is 1. The maximum Gasteiger partial charge on any atom is 0.158 e. The highest BCUT2D eigenvalue weighted by atomic mass is 127. The molecule has 0 bridgehead atoms. The third-order valence-corrected chi connectivity index (χ3v) is 4.60. The van der Waals surface area contributed by atoms with Crippen molar-refractivity contribution in [3.05, 3.63) is 51.8 Å². The molecule has 1 fully saturated rings. The van der Waals surface area contributed by atoms with Crippen molar-refractivity contribution in [2.75, 3.05) is 25.0 Å². The molecule has 0 amide bonds. The highest BCUT2D eigenvalue weighted by molar-refractivity contribution is 14.1. The molecule has 1 unspecified atom stereocenters. The van der Waals surface area contributed by atoms with Crippen LogP contribution in [0.15, 0.2) is 41.1 Å². The van der Waals surface area contributed by atoms with E-state index in [0.29, 0.717) is 35.9 Å². The predicted molar refractivity (Wildman–Crippen MR) is 98.0 cm³/mol. The number of halogens is 2. The van der Waals surface area contributed by atoms with E-state index in [2.05, 4.69) is 38.2 Å². The summed E-state index contributed by atoms with van der Waals surface area (Å²) in [5.41, 5.74) is 1.79. The monoisotopic (exact) mass is 439 g/mol. The van der Waals surface area contributed by atoms with Crippen LogP contribution in [0.25, 0.3) is 11.0 Å². The van der Waals surface area contributed by atoms with Crippen molar-refractivity contribution >= 4 is 44.9 Å². The number of hydrogen-bond donors (Lipinski definition) is 2. The summed E-state index contributed by atoms with van der Waals surface area (Å²) >= 11 is 2.08. The van der Waals surface area contributed by atoms with E-state index in [0.717, 1.165) is 15.5 Å². The fraction of sp³-hybridized carbons (Fsp3) is 0.235. The third-order valence-electron chi connectivity index (χ3n) is 3.93. The van der Waals surface area contributed by atoms with E-state index in [-0.39, 0.29) is 11.9 Å². The van der Waals surface area contributed by atoms with Gasteiger partial charge in [-0.15, -0.1) is 0 Å². The SMILES string of the molecule is Fc1cc(I)ccc1Nc1c(C2CNCCO2)oc2ccncc12. The van der Waals surface area contributed by atoms with Crippen molar-refractivity contribution < 1.29 is 13.5 Å². The molecule has 5 nitrogen and oxygen atoms in total. The van der Waals surface area contributed by atoms with Gasteiger partial charge in [0.25, 0.3) is 0 Å². The summed E-state index contributed by atoms with van der Waals surface area (Å²) in [7, 11) is 0. The molecule has 24 heavy (non-hydrogen) atoms. The first-order valence-corrected chi connectivity index (χ1v) is 8.71. The van der Waals surface area contributed by atoms with Crippen molar-refractivity contribution in [2.45, 2.75) is 6.10 Å². The Morgan fingerprint density at radius 1 is 1.33 bits per heavy atom. The number of ether oxygens (including phenoxy) is 1. The zero-order valence-electron chi connectivity index (χ0n) is 12.7. The van der Waals surface area contributed by atoms with Crippen molar-refractivity contribution in [1.82, 2.24) is 10.3 Å². The number of benzene rings is 1. The molecule has 124 valence electrons. The zero-order chi connectivity index (χ0) is 16.5. The van der Waals surface area contributed by atoms with E-state index in [1.54, 1.807) is 24.5 Å². The zero-order valence-corrected chi connectivity index (χ0v) is 14.8. The van der Waals surface area contributed by atoms with Crippen LogP contribution in [0.4, 0.5) is 15.8 Å². The predicted octanol–water partition coefficient (Wildman–Crippen LogP) is 3.98.